The molecular formula is C16H14N2O. The topological polar surface area (TPSA) is 48.1 Å². The number of anilines is 1. The van der Waals surface area contributed by atoms with E-state index in [1.165, 1.54) is 5.56 Å². The summed E-state index contributed by atoms with van der Waals surface area (Å²) in [5.41, 5.74) is 8.59. The van der Waals surface area contributed by atoms with Gasteiger partial charge in [0.1, 0.15) is 5.75 Å². The molecular weight excluding hydrogens is 236 g/mol. The Hall–Kier alpha value is -2.55. The number of benzene rings is 2. The highest BCUT2D eigenvalue weighted by Crippen LogP contribution is 2.33. The molecule has 0 aliphatic rings. The summed E-state index contributed by atoms with van der Waals surface area (Å²) in [6, 6.07) is 15.7. The third-order valence-electron chi connectivity index (χ3n) is 2.99. The number of hydrogen-bond donors (Lipinski definition) is 1. The maximum absolute atomic E-state index is 5.98. The Balaban J connectivity index is 2.09. The molecule has 19 heavy (non-hydrogen) atoms. The zero-order valence-corrected chi connectivity index (χ0v) is 10.6. The number of aryl methyl sites for hydroxylation is 1. The molecule has 0 aliphatic heterocycles. The van der Waals surface area contributed by atoms with Gasteiger partial charge in [-0.1, -0.05) is 29.8 Å². The first-order valence-corrected chi connectivity index (χ1v) is 6.12. The third-order valence-corrected chi connectivity index (χ3v) is 2.99. The van der Waals surface area contributed by atoms with Crippen LogP contribution < -0.4 is 10.5 Å². The Labute approximate surface area is 111 Å². The number of pyridine rings is 1. The number of hydrogen-bond acceptors (Lipinski definition) is 3. The van der Waals surface area contributed by atoms with Gasteiger partial charge in [-0.25, -0.2) is 0 Å². The predicted octanol–water partition coefficient (Wildman–Crippen LogP) is 3.92. The van der Waals surface area contributed by atoms with Crippen LogP contribution in [-0.2, 0) is 0 Å². The summed E-state index contributed by atoms with van der Waals surface area (Å²) < 4.78 is 5.91. The highest BCUT2D eigenvalue weighted by molar-refractivity contribution is 5.89. The van der Waals surface area contributed by atoms with Crippen molar-refractivity contribution in [2.45, 2.75) is 6.92 Å². The molecule has 0 aliphatic carbocycles. The Morgan fingerprint density at radius 3 is 2.53 bits per heavy atom. The van der Waals surface area contributed by atoms with Crippen LogP contribution in [0.15, 0.2) is 54.7 Å². The van der Waals surface area contributed by atoms with Crippen molar-refractivity contribution in [3.05, 3.63) is 60.3 Å². The van der Waals surface area contributed by atoms with Gasteiger partial charge < -0.3 is 10.5 Å². The Bertz CT molecular complexity index is 720. The summed E-state index contributed by atoms with van der Waals surface area (Å²) in [6.45, 7) is 2.04. The van der Waals surface area contributed by atoms with Crippen LogP contribution in [0.1, 0.15) is 5.56 Å². The van der Waals surface area contributed by atoms with E-state index in [0.717, 1.165) is 16.7 Å². The van der Waals surface area contributed by atoms with E-state index in [0.29, 0.717) is 11.4 Å². The highest BCUT2D eigenvalue weighted by atomic mass is 16.5. The molecule has 0 atom stereocenters. The molecule has 1 aromatic heterocycles. The van der Waals surface area contributed by atoms with Crippen LogP contribution in [0.25, 0.3) is 10.9 Å². The number of fused-ring (bicyclic) bond motifs is 1. The first-order valence-electron chi connectivity index (χ1n) is 6.12. The standard InChI is InChI=1S/C16H14N2O/c1-11-6-8-12(9-7-11)19-16-13-4-2-3-5-15(13)18-10-14(16)17/h2-10H,17H2,1H3. The maximum atomic E-state index is 5.98. The molecule has 3 nitrogen and oxygen atoms in total. The third kappa shape index (κ3) is 2.22. The Kier molecular flexibility index (Phi) is 2.80. The van der Waals surface area contributed by atoms with Gasteiger partial charge in [0.05, 0.1) is 17.4 Å². The van der Waals surface area contributed by atoms with Gasteiger partial charge in [0.25, 0.3) is 0 Å². The van der Waals surface area contributed by atoms with Gasteiger partial charge >= 0.3 is 0 Å². The Morgan fingerprint density at radius 2 is 1.74 bits per heavy atom. The number of rotatable bonds is 2. The largest absolute Gasteiger partial charge is 0.454 e. The van der Waals surface area contributed by atoms with E-state index >= 15 is 0 Å². The molecule has 0 fully saturated rings. The van der Waals surface area contributed by atoms with Gasteiger partial charge in [-0.3, -0.25) is 4.98 Å². The van der Waals surface area contributed by atoms with E-state index in [-0.39, 0.29) is 0 Å². The van der Waals surface area contributed by atoms with Crippen LogP contribution in [-0.4, -0.2) is 4.98 Å². The molecule has 3 rings (SSSR count). The average molecular weight is 250 g/mol. The van der Waals surface area contributed by atoms with Gasteiger partial charge in [0.2, 0.25) is 0 Å². The number of ether oxygens (including phenoxy) is 1. The molecule has 0 saturated carbocycles. The molecule has 0 spiro atoms. The monoisotopic (exact) mass is 250 g/mol. The van der Waals surface area contributed by atoms with E-state index in [4.69, 9.17) is 10.5 Å². The molecule has 2 aromatic carbocycles. The lowest BCUT2D eigenvalue weighted by molar-refractivity contribution is 0.490. The van der Waals surface area contributed by atoms with Crippen LogP contribution in [0.4, 0.5) is 5.69 Å². The summed E-state index contributed by atoms with van der Waals surface area (Å²) in [5.74, 6) is 1.43. The molecule has 0 bridgehead atoms. The number of nitrogens with zero attached hydrogens (tertiary/aromatic N) is 1. The van der Waals surface area contributed by atoms with Crippen molar-refractivity contribution < 1.29 is 4.74 Å². The zero-order valence-electron chi connectivity index (χ0n) is 10.6. The van der Waals surface area contributed by atoms with Crippen molar-refractivity contribution in [1.82, 2.24) is 4.98 Å². The van der Waals surface area contributed by atoms with Gasteiger partial charge in [0.15, 0.2) is 5.75 Å². The fourth-order valence-electron chi connectivity index (χ4n) is 1.97. The summed E-state index contributed by atoms with van der Waals surface area (Å²) in [7, 11) is 0. The van der Waals surface area contributed by atoms with Crippen molar-refractivity contribution in [3.8, 4) is 11.5 Å². The number of para-hydroxylation sites is 1. The predicted molar refractivity (Wildman–Crippen MR) is 77.4 cm³/mol. The quantitative estimate of drug-likeness (QED) is 0.750. The summed E-state index contributed by atoms with van der Waals surface area (Å²) in [5, 5.41) is 0.920. The van der Waals surface area contributed by atoms with Crippen molar-refractivity contribution >= 4 is 16.6 Å². The van der Waals surface area contributed by atoms with E-state index < -0.39 is 0 Å². The van der Waals surface area contributed by atoms with Crippen LogP contribution in [0, 0.1) is 6.92 Å². The molecule has 0 radical (unpaired) electrons. The number of nitrogens with two attached hydrogens (primary N) is 1. The lowest BCUT2D eigenvalue weighted by Crippen LogP contribution is -1.95. The molecule has 3 heteroatoms. The fraction of sp³-hybridized carbons (Fsp3) is 0.0625. The lowest BCUT2D eigenvalue weighted by Gasteiger charge is -2.11. The second-order valence-corrected chi connectivity index (χ2v) is 4.47. The van der Waals surface area contributed by atoms with Crippen molar-refractivity contribution in [2.24, 2.45) is 0 Å². The van der Waals surface area contributed by atoms with Crippen LogP contribution in [0.2, 0.25) is 0 Å². The molecule has 0 unspecified atom stereocenters. The van der Waals surface area contributed by atoms with E-state index in [1.807, 2.05) is 55.5 Å². The molecule has 0 saturated heterocycles. The SMILES string of the molecule is Cc1ccc(Oc2c(N)cnc3ccccc23)cc1. The fourth-order valence-corrected chi connectivity index (χ4v) is 1.97. The van der Waals surface area contributed by atoms with Crippen LogP contribution in [0.5, 0.6) is 11.5 Å². The molecule has 2 N–H and O–H groups in total. The molecule has 1 heterocycles. The normalized spacial score (nSPS) is 10.6. The van der Waals surface area contributed by atoms with Crippen LogP contribution >= 0.6 is 0 Å². The van der Waals surface area contributed by atoms with E-state index in [9.17, 15) is 0 Å². The van der Waals surface area contributed by atoms with E-state index in [1.54, 1.807) is 6.20 Å². The summed E-state index contributed by atoms with van der Waals surface area (Å²) >= 11 is 0. The minimum absolute atomic E-state index is 0.541. The number of aromatic nitrogens is 1. The minimum atomic E-state index is 0.541. The van der Waals surface area contributed by atoms with Crippen molar-refractivity contribution in [2.75, 3.05) is 5.73 Å². The summed E-state index contributed by atoms with van der Waals surface area (Å²) in [6.07, 6.45) is 1.63. The second kappa shape index (κ2) is 4.61. The van der Waals surface area contributed by atoms with E-state index in [2.05, 4.69) is 4.98 Å². The molecule has 94 valence electrons. The van der Waals surface area contributed by atoms with Gasteiger partial charge in [-0.05, 0) is 31.2 Å². The highest BCUT2D eigenvalue weighted by Gasteiger charge is 2.08. The average Bonchev–Trinajstić information content (AvgIpc) is 2.44. The van der Waals surface area contributed by atoms with Crippen LogP contribution in [0.3, 0.4) is 0 Å². The van der Waals surface area contributed by atoms with Gasteiger partial charge in [-0.15, -0.1) is 0 Å². The lowest BCUT2D eigenvalue weighted by atomic mass is 10.2. The zero-order chi connectivity index (χ0) is 13.2. The smallest absolute Gasteiger partial charge is 0.161 e. The first-order chi connectivity index (χ1) is 9.24. The van der Waals surface area contributed by atoms with Gasteiger partial charge in [-0.2, -0.15) is 0 Å². The Morgan fingerprint density at radius 1 is 1.00 bits per heavy atom. The molecule has 0 amide bonds. The minimum Gasteiger partial charge on any atom is -0.454 e. The maximum Gasteiger partial charge on any atom is 0.161 e. The summed E-state index contributed by atoms with van der Waals surface area (Å²) in [4.78, 5) is 4.29. The van der Waals surface area contributed by atoms with Crippen molar-refractivity contribution in [3.63, 3.8) is 0 Å². The second-order valence-electron chi connectivity index (χ2n) is 4.47. The molecule has 3 aromatic rings. The number of nitrogen functional groups attached to an aromatic ring is 1. The van der Waals surface area contributed by atoms with Gasteiger partial charge in [0, 0.05) is 5.39 Å². The van der Waals surface area contributed by atoms with Crippen molar-refractivity contribution in [1.29, 1.82) is 0 Å². The first kappa shape index (κ1) is 11.5.